The Morgan fingerprint density at radius 3 is 3.11 bits per heavy atom. The molecule has 27 heavy (non-hydrogen) atoms. The zero-order chi connectivity index (χ0) is 18.8. The van der Waals surface area contributed by atoms with Gasteiger partial charge in [-0.15, -0.1) is 23.1 Å². The standard InChI is InChI=1S/C21H25ClN2OS2/c1-14-4-2-8-24(12-14)9-3-7-23-21(25)19-10-15-13-26-18-11-16(22)5-6-17(18)20(15)27-19/h5-6,10-11,14H,2-4,7-9,12-13H2,1H3,(H,23,25)/t14-/m0/s1. The molecule has 0 unspecified atom stereocenters. The molecule has 1 aromatic heterocycles. The molecule has 0 saturated carbocycles. The maximum Gasteiger partial charge on any atom is 0.261 e. The third kappa shape index (κ3) is 4.53. The molecule has 2 aromatic rings. The van der Waals surface area contributed by atoms with Crippen LogP contribution in [-0.4, -0.2) is 37.0 Å². The molecule has 144 valence electrons. The number of carbonyl (C=O) groups is 1. The van der Waals surface area contributed by atoms with Crippen LogP contribution in [0.4, 0.5) is 0 Å². The van der Waals surface area contributed by atoms with Crippen LogP contribution in [0.1, 0.15) is 41.4 Å². The normalized spacial score (nSPS) is 19.4. The summed E-state index contributed by atoms with van der Waals surface area (Å²) in [4.78, 5) is 18.4. The van der Waals surface area contributed by atoms with Crippen molar-refractivity contribution in [2.45, 2.75) is 36.8 Å². The van der Waals surface area contributed by atoms with Gasteiger partial charge in [0.05, 0.1) is 4.88 Å². The zero-order valence-corrected chi connectivity index (χ0v) is 18.0. The van der Waals surface area contributed by atoms with Crippen LogP contribution >= 0.6 is 34.7 Å². The molecule has 2 aliphatic rings. The molecular formula is C21H25ClN2OS2. The van der Waals surface area contributed by atoms with Crippen LogP contribution in [0.15, 0.2) is 29.2 Å². The summed E-state index contributed by atoms with van der Waals surface area (Å²) in [6.07, 6.45) is 3.67. The lowest BCUT2D eigenvalue weighted by Crippen LogP contribution is -2.36. The van der Waals surface area contributed by atoms with Gasteiger partial charge < -0.3 is 10.2 Å². The molecule has 1 saturated heterocycles. The summed E-state index contributed by atoms with van der Waals surface area (Å²) in [6.45, 7) is 6.56. The summed E-state index contributed by atoms with van der Waals surface area (Å²) in [5.74, 6) is 1.77. The van der Waals surface area contributed by atoms with E-state index >= 15 is 0 Å². The van der Waals surface area contributed by atoms with Crippen molar-refractivity contribution >= 4 is 40.6 Å². The van der Waals surface area contributed by atoms with Crippen LogP contribution in [0.5, 0.6) is 0 Å². The van der Waals surface area contributed by atoms with Crippen molar-refractivity contribution in [3.05, 3.63) is 39.7 Å². The Labute approximate surface area is 174 Å². The van der Waals surface area contributed by atoms with Gasteiger partial charge in [0.2, 0.25) is 0 Å². The Morgan fingerprint density at radius 2 is 2.26 bits per heavy atom. The maximum absolute atomic E-state index is 12.6. The van der Waals surface area contributed by atoms with Gasteiger partial charge in [-0.25, -0.2) is 0 Å². The second kappa shape index (κ2) is 8.56. The van der Waals surface area contributed by atoms with Gasteiger partial charge in [0.25, 0.3) is 5.91 Å². The highest BCUT2D eigenvalue weighted by Crippen LogP contribution is 2.46. The minimum atomic E-state index is 0.0573. The third-order valence-electron chi connectivity index (χ3n) is 5.28. The topological polar surface area (TPSA) is 32.3 Å². The monoisotopic (exact) mass is 420 g/mol. The lowest BCUT2D eigenvalue weighted by atomic mass is 10.0. The van der Waals surface area contributed by atoms with Gasteiger partial charge >= 0.3 is 0 Å². The fourth-order valence-electron chi connectivity index (χ4n) is 3.92. The zero-order valence-electron chi connectivity index (χ0n) is 15.6. The number of thiophene rings is 1. The Kier molecular flexibility index (Phi) is 6.12. The minimum Gasteiger partial charge on any atom is -0.351 e. The fourth-order valence-corrected chi connectivity index (χ4v) is 6.52. The van der Waals surface area contributed by atoms with Gasteiger partial charge in [0, 0.05) is 39.2 Å². The molecule has 1 amide bonds. The summed E-state index contributed by atoms with van der Waals surface area (Å²) >= 11 is 9.51. The van der Waals surface area contributed by atoms with E-state index in [1.807, 2.05) is 12.1 Å². The molecule has 1 N–H and O–H groups in total. The van der Waals surface area contributed by atoms with Crippen LogP contribution in [0, 0.1) is 5.92 Å². The van der Waals surface area contributed by atoms with Crippen molar-refractivity contribution in [3.8, 4) is 10.4 Å². The van der Waals surface area contributed by atoms with Crippen molar-refractivity contribution < 1.29 is 4.79 Å². The van der Waals surface area contributed by atoms with Crippen molar-refractivity contribution in [2.75, 3.05) is 26.2 Å². The van der Waals surface area contributed by atoms with Crippen molar-refractivity contribution in [2.24, 2.45) is 5.92 Å². The number of rotatable bonds is 5. The van der Waals surface area contributed by atoms with E-state index < -0.39 is 0 Å². The van der Waals surface area contributed by atoms with Crippen molar-refractivity contribution in [1.82, 2.24) is 10.2 Å². The molecule has 6 heteroatoms. The molecule has 1 aromatic carbocycles. The number of fused-ring (bicyclic) bond motifs is 3. The van der Waals surface area contributed by atoms with E-state index in [0.29, 0.717) is 0 Å². The molecule has 3 heterocycles. The van der Waals surface area contributed by atoms with Gasteiger partial charge in [0.1, 0.15) is 0 Å². The summed E-state index contributed by atoms with van der Waals surface area (Å²) in [5, 5.41) is 3.87. The Hall–Kier alpha value is -1.01. The summed E-state index contributed by atoms with van der Waals surface area (Å²) < 4.78 is 0. The first-order valence-electron chi connectivity index (χ1n) is 9.66. The van der Waals surface area contributed by atoms with Gasteiger partial charge in [0.15, 0.2) is 0 Å². The van der Waals surface area contributed by atoms with Crippen LogP contribution in [0.25, 0.3) is 10.4 Å². The highest BCUT2D eigenvalue weighted by Gasteiger charge is 2.22. The van der Waals surface area contributed by atoms with Crippen LogP contribution in [-0.2, 0) is 5.75 Å². The van der Waals surface area contributed by atoms with Gasteiger partial charge in [-0.2, -0.15) is 0 Å². The van der Waals surface area contributed by atoms with Crippen LogP contribution in [0.2, 0.25) is 5.02 Å². The predicted octanol–water partition coefficient (Wildman–Crippen LogP) is 5.53. The molecule has 3 nitrogen and oxygen atoms in total. The molecule has 0 spiro atoms. The van der Waals surface area contributed by atoms with E-state index in [0.717, 1.165) is 41.1 Å². The lowest BCUT2D eigenvalue weighted by molar-refractivity contribution is 0.0954. The summed E-state index contributed by atoms with van der Waals surface area (Å²) in [6, 6.07) is 8.08. The number of likely N-dealkylation sites (tertiary alicyclic amines) is 1. The Balaban J connectivity index is 1.33. The maximum atomic E-state index is 12.6. The molecular weight excluding hydrogens is 396 g/mol. The number of nitrogens with zero attached hydrogens (tertiary/aromatic N) is 1. The number of hydrogen-bond acceptors (Lipinski definition) is 4. The molecule has 4 rings (SSSR count). The fraction of sp³-hybridized carbons (Fsp3) is 0.476. The van der Waals surface area contributed by atoms with Gasteiger partial charge in [-0.3, -0.25) is 4.79 Å². The van der Waals surface area contributed by atoms with E-state index in [1.165, 1.54) is 46.8 Å². The lowest BCUT2D eigenvalue weighted by Gasteiger charge is -2.30. The Morgan fingerprint density at radius 1 is 1.37 bits per heavy atom. The first-order valence-corrected chi connectivity index (χ1v) is 11.8. The second-order valence-corrected chi connectivity index (χ2v) is 10.1. The van der Waals surface area contributed by atoms with Gasteiger partial charge in [-0.05, 0) is 62.0 Å². The predicted molar refractivity (Wildman–Crippen MR) is 116 cm³/mol. The number of benzene rings is 1. The first-order chi connectivity index (χ1) is 13.1. The molecule has 2 aliphatic heterocycles. The number of thioether (sulfide) groups is 1. The third-order valence-corrected chi connectivity index (χ3v) is 7.83. The van der Waals surface area contributed by atoms with Crippen LogP contribution in [0.3, 0.4) is 0 Å². The SMILES string of the molecule is C[C@H]1CCCN(CCCNC(=O)c2cc3c(s2)-c2ccc(Cl)cc2SC3)C1. The van der Waals surface area contributed by atoms with Crippen molar-refractivity contribution in [3.63, 3.8) is 0 Å². The van der Waals surface area contributed by atoms with E-state index in [4.69, 9.17) is 11.6 Å². The average Bonchev–Trinajstić information content (AvgIpc) is 3.09. The summed E-state index contributed by atoms with van der Waals surface area (Å²) in [7, 11) is 0. The minimum absolute atomic E-state index is 0.0573. The smallest absolute Gasteiger partial charge is 0.261 e. The number of amides is 1. The van der Waals surface area contributed by atoms with E-state index in [-0.39, 0.29) is 5.91 Å². The quantitative estimate of drug-likeness (QED) is 0.645. The average molecular weight is 421 g/mol. The number of piperidine rings is 1. The molecule has 1 atom stereocenters. The molecule has 0 bridgehead atoms. The highest BCUT2D eigenvalue weighted by molar-refractivity contribution is 7.98. The van der Waals surface area contributed by atoms with E-state index in [2.05, 4.69) is 29.3 Å². The molecule has 0 radical (unpaired) electrons. The highest BCUT2D eigenvalue weighted by atomic mass is 35.5. The molecule has 1 fully saturated rings. The number of hydrogen-bond donors (Lipinski definition) is 1. The van der Waals surface area contributed by atoms with E-state index in [1.54, 1.807) is 23.1 Å². The van der Waals surface area contributed by atoms with Crippen molar-refractivity contribution in [1.29, 1.82) is 0 Å². The number of nitrogens with one attached hydrogen (secondary N) is 1. The first kappa shape index (κ1) is 19.3. The van der Waals surface area contributed by atoms with Gasteiger partial charge in [-0.1, -0.05) is 24.6 Å². The number of halogens is 1. The Bertz CT molecular complexity index is 836. The second-order valence-electron chi connectivity index (χ2n) is 7.55. The van der Waals surface area contributed by atoms with E-state index in [9.17, 15) is 4.79 Å². The number of carbonyl (C=O) groups excluding carboxylic acids is 1. The largest absolute Gasteiger partial charge is 0.351 e. The molecule has 0 aliphatic carbocycles. The van der Waals surface area contributed by atoms with Crippen LogP contribution < -0.4 is 5.32 Å². The summed E-state index contributed by atoms with van der Waals surface area (Å²) in [5.41, 5.74) is 2.46.